The molecule has 3 saturated heterocycles. The Bertz CT molecular complexity index is 2990. The number of anilines is 1. The quantitative estimate of drug-likeness (QED) is 0.0746. The monoisotopic (exact) mass is 1010 g/mol. The van der Waals surface area contributed by atoms with Crippen LogP contribution in [0.5, 0.6) is 5.75 Å². The van der Waals surface area contributed by atoms with Crippen LogP contribution in [0, 0.1) is 28.9 Å². The van der Waals surface area contributed by atoms with Crippen LogP contribution in [0.4, 0.5) is 14.6 Å². The fraction of sp³-hybridized carbons (Fsp3) is 0.455. The molecule has 17 nitrogen and oxygen atoms in total. The van der Waals surface area contributed by atoms with Crippen LogP contribution in [0.1, 0.15) is 114 Å². The number of nitrogens with zero attached hydrogens (tertiary/aromatic N) is 7. The summed E-state index contributed by atoms with van der Waals surface area (Å²) in [5.74, 6) is -1.42. The number of pyridine rings is 2. The van der Waals surface area contributed by atoms with Crippen molar-refractivity contribution in [2.45, 2.75) is 101 Å². The Morgan fingerprint density at radius 1 is 0.905 bits per heavy atom. The summed E-state index contributed by atoms with van der Waals surface area (Å²) in [5, 5.41) is 26.1. The first-order chi connectivity index (χ1) is 35.9. The number of benzene rings is 2. The number of carbonyl (C=O) groups is 5. The molecule has 5 amide bonds. The maximum atomic E-state index is 14.8. The lowest BCUT2D eigenvalue weighted by molar-refractivity contribution is -0.137. The highest BCUT2D eigenvalue weighted by Crippen LogP contribution is 2.37. The van der Waals surface area contributed by atoms with Crippen LogP contribution in [0.3, 0.4) is 0 Å². The average molecular weight is 1010 g/mol. The number of aromatic nitrogens is 3. The standard InChI is InChI=1S/C55H61F2N11O6/c1-2-74-42-27-44(50-39(28-58)30-62-68(50)32-42)37-6-13-48(61-29-37)66-23-17-55(18-24-66,64-52(71)45-26-40(56)7-11-46(45)57)33-59-19-20-60-51(70)35-3-8-41(9-4-35)65-21-15-34(16-22-65)36-5-10-43-38(25-36)31-67(54(43)73)47-12-14-49(69)63-53(47)72/h5-7,10-11,13,25-27,29-30,32,34-35,41,47,59H,2-4,8-9,12,14-24,31,33H2,1H3,(H,60,70)(H,64,71)(H,63,69,72). The van der Waals surface area contributed by atoms with Gasteiger partial charge in [0.15, 0.2) is 0 Å². The molecule has 386 valence electrons. The van der Waals surface area contributed by atoms with Crippen LogP contribution in [-0.2, 0) is 20.9 Å². The van der Waals surface area contributed by atoms with E-state index in [1.165, 1.54) is 11.8 Å². The van der Waals surface area contributed by atoms with Gasteiger partial charge in [-0.05, 0) is 137 Å². The van der Waals surface area contributed by atoms with Crippen molar-refractivity contribution < 1.29 is 37.5 Å². The zero-order valence-corrected chi connectivity index (χ0v) is 41.5. The molecule has 4 fully saturated rings. The van der Waals surface area contributed by atoms with Gasteiger partial charge in [0, 0.05) is 80.5 Å². The Morgan fingerprint density at radius 3 is 2.43 bits per heavy atom. The number of halogens is 2. The van der Waals surface area contributed by atoms with Crippen LogP contribution in [0.2, 0.25) is 0 Å². The number of nitrogens with one attached hydrogen (secondary N) is 4. The molecule has 10 rings (SSSR count). The minimum Gasteiger partial charge on any atom is -0.492 e. The number of likely N-dealkylation sites (tertiary alicyclic amines) is 1. The van der Waals surface area contributed by atoms with E-state index in [4.69, 9.17) is 9.72 Å². The number of carbonyl (C=O) groups excluding carboxylic acids is 5. The SMILES string of the molecule is CCOc1cc(-c2ccc(N3CCC(CNCCNC(=O)C4CCC(N5CCC(c6ccc7c(c6)CN(C6CCC(=O)NC6=O)C7=O)CC5)CC4)(NC(=O)c4cc(F)ccc4F)CC3)nc2)c2c(C#N)cnn2c1. The molecular weight excluding hydrogens is 949 g/mol. The maximum Gasteiger partial charge on any atom is 0.255 e. The summed E-state index contributed by atoms with van der Waals surface area (Å²) in [6.07, 6.45) is 12.1. The predicted octanol–water partition coefficient (Wildman–Crippen LogP) is 5.62. The number of piperidine rings is 3. The molecular formula is C55H61F2N11O6. The minimum absolute atomic E-state index is 0.0359. The molecule has 74 heavy (non-hydrogen) atoms. The Labute approximate surface area is 428 Å². The molecule has 4 aliphatic heterocycles. The smallest absolute Gasteiger partial charge is 0.255 e. The van der Waals surface area contributed by atoms with E-state index in [9.17, 15) is 38.0 Å². The summed E-state index contributed by atoms with van der Waals surface area (Å²) in [6, 6.07) is 16.7. The molecule has 1 unspecified atom stereocenters. The summed E-state index contributed by atoms with van der Waals surface area (Å²) < 4.78 is 36.5. The summed E-state index contributed by atoms with van der Waals surface area (Å²) >= 11 is 0. The number of fused-ring (bicyclic) bond motifs is 2. The number of imide groups is 1. The molecule has 5 aliphatic rings. The summed E-state index contributed by atoms with van der Waals surface area (Å²) in [5.41, 5.74) is 4.22. The van der Waals surface area contributed by atoms with Gasteiger partial charge in [0.25, 0.3) is 11.8 Å². The number of hydrogen-bond donors (Lipinski definition) is 4. The molecule has 3 aromatic heterocycles. The van der Waals surface area contributed by atoms with Gasteiger partial charge in [-0.3, -0.25) is 29.3 Å². The molecule has 19 heteroatoms. The van der Waals surface area contributed by atoms with Crippen LogP contribution < -0.4 is 30.9 Å². The van der Waals surface area contributed by atoms with Crippen molar-refractivity contribution in [3.8, 4) is 22.9 Å². The molecule has 1 aliphatic carbocycles. The summed E-state index contributed by atoms with van der Waals surface area (Å²) in [6.45, 7) is 6.84. The molecule has 2 aromatic carbocycles. The maximum absolute atomic E-state index is 14.8. The van der Waals surface area contributed by atoms with Gasteiger partial charge in [0.1, 0.15) is 35.3 Å². The molecule has 0 spiro atoms. The van der Waals surface area contributed by atoms with Gasteiger partial charge < -0.3 is 35.4 Å². The van der Waals surface area contributed by atoms with Crippen LogP contribution in [-0.4, -0.2) is 124 Å². The molecule has 1 atom stereocenters. The normalized spacial score (nSPS) is 21.3. The second-order valence-electron chi connectivity index (χ2n) is 20.3. The topological polar surface area (TPSA) is 206 Å². The molecule has 7 heterocycles. The lowest BCUT2D eigenvalue weighted by Gasteiger charge is -2.43. The van der Waals surface area contributed by atoms with Gasteiger partial charge >= 0.3 is 0 Å². The third-order valence-corrected chi connectivity index (χ3v) is 15.9. The van der Waals surface area contributed by atoms with Crippen molar-refractivity contribution in [3.63, 3.8) is 0 Å². The Hall–Kier alpha value is -7.30. The zero-order chi connectivity index (χ0) is 51.5. The summed E-state index contributed by atoms with van der Waals surface area (Å²) in [7, 11) is 0. The van der Waals surface area contributed by atoms with Gasteiger partial charge in [0.05, 0.1) is 41.2 Å². The molecule has 0 bridgehead atoms. The van der Waals surface area contributed by atoms with Gasteiger partial charge in [-0.1, -0.05) is 12.1 Å². The number of rotatable bonds is 15. The van der Waals surface area contributed by atoms with Crippen molar-refractivity contribution in [2.24, 2.45) is 5.92 Å². The Balaban J connectivity index is 0.692. The van der Waals surface area contributed by atoms with Crippen molar-refractivity contribution in [2.75, 3.05) is 57.3 Å². The zero-order valence-electron chi connectivity index (χ0n) is 41.5. The third kappa shape index (κ3) is 10.6. The van der Waals surface area contributed by atoms with E-state index in [0.29, 0.717) is 99.5 Å². The average Bonchev–Trinajstić information content (AvgIpc) is 3.99. The van der Waals surface area contributed by atoms with Gasteiger partial charge in [-0.25, -0.2) is 18.3 Å². The van der Waals surface area contributed by atoms with Gasteiger partial charge in [-0.2, -0.15) is 10.4 Å². The van der Waals surface area contributed by atoms with Gasteiger partial charge in [0.2, 0.25) is 17.7 Å². The van der Waals surface area contributed by atoms with E-state index in [-0.39, 0.29) is 35.6 Å². The minimum atomic E-state index is -0.813. The van der Waals surface area contributed by atoms with E-state index in [1.54, 1.807) is 21.8 Å². The fourth-order valence-corrected chi connectivity index (χ4v) is 11.8. The summed E-state index contributed by atoms with van der Waals surface area (Å²) in [4.78, 5) is 75.5. The predicted molar refractivity (Wildman–Crippen MR) is 270 cm³/mol. The largest absolute Gasteiger partial charge is 0.492 e. The van der Waals surface area contributed by atoms with Crippen molar-refractivity contribution in [3.05, 3.63) is 113 Å². The first-order valence-corrected chi connectivity index (χ1v) is 25.9. The van der Waals surface area contributed by atoms with Crippen LogP contribution in [0.25, 0.3) is 16.6 Å². The molecule has 0 radical (unpaired) electrons. The first kappa shape index (κ1) is 50.2. The first-order valence-electron chi connectivity index (χ1n) is 25.9. The Kier molecular flexibility index (Phi) is 14.7. The number of nitriles is 1. The lowest BCUT2D eigenvalue weighted by atomic mass is 9.82. The van der Waals surface area contributed by atoms with Crippen molar-refractivity contribution >= 4 is 40.9 Å². The Morgan fingerprint density at radius 2 is 1.70 bits per heavy atom. The highest BCUT2D eigenvalue weighted by molar-refractivity contribution is 6.05. The van der Waals surface area contributed by atoms with Gasteiger partial charge in [-0.15, -0.1) is 0 Å². The molecule has 5 aromatic rings. The van der Waals surface area contributed by atoms with E-state index in [2.05, 4.69) is 54.4 Å². The van der Waals surface area contributed by atoms with Crippen molar-refractivity contribution in [1.82, 2.24) is 45.7 Å². The van der Waals surface area contributed by atoms with E-state index >= 15 is 0 Å². The second kappa shape index (κ2) is 21.7. The number of hydrogen-bond acceptors (Lipinski definition) is 12. The van der Waals surface area contributed by atoms with Crippen molar-refractivity contribution in [1.29, 1.82) is 5.26 Å². The molecule has 1 saturated carbocycles. The molecule has 4 N–H and O–H groups in total. The lowest BCUT2D eigenvalue weighted by Crippen LogP contribution is -2.60. The van der Waals surface area contributed by atoms with E-state index < -0.39 is 35.0 Å². The van der Waals surface area contributed by atoms with E-state index in [0.717, 1.165) is 92.3 Å². The highest BCUT2D eigenvalue weighted by Gasteiger charge is 2.41. The van der Waals surface area contributed by atoms with Crippen LogP contribution in [0.15, 0.2) is 73.2 Å². The van der Waals surface area contributed by atoms with E-state index in [1.807, 2.05) is 31.2 Å². The fourth-order valence-electron chi connectivity index (χ4n) is 11.8. The van der Waals surface area contributed by atoms with Crippen LogP contribution >= 0.6 is 0 Å². The third-order valence-electron chi connectivity index (χ3n) is 15.9. The number of amides is 5. The number of ether oxygens (including phenoxy) is 1. The second-order valence-corrected chi connectivity index (χ2v) is 20.3. The highest BCUT2D eigenvalue weighted by atomic mass is 19.1.